The van der Waals surface area contributed by atoms with Crippen molar-refractivity contribution < 1.29 is 22.0 Å². The van der Waals surface area contributed by atoms with Crippen molar-refractivity contribution in [3.8, 4) is 11.3 Å². The number of carbonyl (C=O) groups excluding carboxylic acids is 1. The number of sulfonamides is 1. The lowest BCUT2D eigenvalue weighted by atomic mass is 10.1. The molecule has 1 amide bonds. The monoisotopic (exact) mass is 428 g/mol. The number of piperidine rings is 1. The Morgan fingerprint density at radius 1 is 0.967 bits per heavy atom. The summed E-state index contributed by atoms with van der Waals surface area (Å²) in [7, 11) is -3.60. The highest BCUT2D eigenvalue weighted by molar-refractivity contribution is 7.89. The van der Waals surface area contributed by atoms with E-state index in [1.54, 1.807) is 30.3 Å². The van der Waals surface area contributed by atoms with Gasteiger partial charge in [0.05, 0.1) is 10.5 Å². The van der Waals surface area contributed by atoms with Gasteiger partial charge < -0.3 is 9.73 Å². The summed E-state index contributed by atoms with van der Waals surface area (Å²) in [6, 6.07) is 15.2. The molecule has 1 aliphatic rings. The van der Waals surface area contributed by atoms with Gasteiger partial charge in [-0.15, -0.1) is 0 Å². The molecule has 1 aliphatic heterocycles. The first-order valence-electron chi connectivity index (χ1n) is 9.71. The van der Waals surface area contributed by atoms with Crippen LogP contribution in [0.5, 0.6) is 0 Å². The van der Waals surface area contributed by atoms with Gasteiger partial charge in [0.15, 0.2) is 5.76 Å². The van der Waals surface area contributed by atoms with Gasteiger partial charge in [-0.25, -0.2) is 12.8 Å². The second-order valence-corrected chi connectivity index (χ2v) is 9.03. The summed E-state index contributed by atoms with van der Waals surface area (Å²) >= 11 is 0. The molecule has 0 saturated carbocycles. The van der Waals surface area contributed by atoms with E-state index < -0.39 is 21.7 Å². The molecule has 0 spiro atoms. The van der Waals surface area contributed by atoms with Crippen LogP contribution in [0.15, 0.2) is 70.0 Å². The van der Waals surface area contributed by atoms with Crippen molar-refractivity contribution in [1.82, 2.24) is 4.31 Å². The smallest absolute Gasteiger partial charge is 0.291 e. The molecule has 2 aromatic carbocycles. The first-order chi connectivity index (χ1) is 14.4. The molecule has 0 atom stereocenters. The average Bonchev–Trinajstić information content (AvgIpc) is 3.25. The van der Waals surface area contributed by atoms with Gasteiger partial charge in [-0.3, -0.25) is 4.79 Å². The highest BCUT2D eigenvalue weighted by Crippen LogP contribution is 2.26. The largest absolute Gasteiger partial charge is 0.451 e. The SMILES string of the molecule is O=C(Nc1cccc(S(=O)(=O)N2CCCCC2)c1)c1ccc(-c2ccccc2F)o1. The molecule has 2 heterocycles. The second kappa shape index (κ2) is 8.41. The number of furan rings is 1. The Balaban J connectivity index is 1.52. The van der Waals surface area contributed by atoms with Crippen molar-refractivity contribution in [3.05, 3.63) is 72.2 Å². The summed E-state index contributed by atoms with van der Waals surface area (Å²) in [5.74, 6) is -0.767. The predicted molar refractivity (Wildman–Crippen MR) is 111 cm³/mol. The fourth-order valence-corrected chi connectivity index (χ4v) is 5.01. The van der Waals surface area contributed by atoms with Gasteiger partial charge in [0, 0.05) is 18.8 Å². The quantitative estimate of drug-likeness (QED) is 0.648. The molecule has 156 valence electrons. The average molecular weight is 428 g/mol. The summed E-state index contributed by atoms with van der Waals surface area (Å²) in [6.07, 6.45) is 2.72. The molecule has 3 aromatic rings. The molecule has 0 bridgehead atoms. The Labute approximate surface area is 174 Å². The number of amides is 1. The Bertz CT molecular complexity index is 1170. The van der Waals surface area contributed by atoms with Crippen molar-refractivity contribution in [2.45, 2.75) is 24.2 Å². The lowest BCUT2D eigenvalue weighted by Gasteiger charge is -2.26. The molecule has 8 heteroatoms. The van der Waals surface area contributed by atoms with Gasteiger partial charge in [-0.2, -0.15) is 4.31 Å². The summed E-state index contributed by atoms with van der Waals surface area (Å²) in [6.45, 7) is 1.01. The highest BCUT2D eigenvalue weighted by Gasteiger charge is 2.26. The van der Waals surface area contributed by atoms with Crippen molar-refractivity contribution in [3.63, 3.8) is 0 Å². The van der Waals surface area contributed by atoms with Gasteiger partial charge in [0.1, 0.15) is 11.6 Å². The molecular weight excluding hydrogens is 407 g/mol. The molecule has 0 unspecified atom stereocenters. The minimum atomic E-state index is -3.60. The zero-order chi connectivity index (χ0) is 21.1. The maximum atomic E-state index is 13.9. The van der Waals surface area contributed by atoms with Gasteiger partial charge in [0.25, 0.3) is 5.91 Å². The number of carbonyl (C=O) groups is 1. The summed E-state index contributed by atoms with van der Waals surface area (Å²) in [5.41, 5.74) is 0.591. The van der Waals surface area contributed by atoms with Crippen LogP contribution in [-0.2, 0) is 10.0 Å². The lowest BCUT2D eigenvalue weighted by Crippen LogP contribution is -2.35. The van der Waals surface area contributed by atoms with Crippen LogP contribution in [0.1, 0.15) is 29.8 Å². The van der Waals surface area contributed by atoms with Crippen LogP contribution >= 0.6 is 0 Å². The normalized spacial score (nSPS) is 15.1. The van der Waals surface area contributed by atoms with E-state index in [-0.39, 0.29) is 22.0 Å². The number of hydrogen-bond acceptors (Lipinski definition) is 4. The number of anilines is 1. The first kappa shape index (κ1) is 20.3. The molecular formula is C22H21FN2O4S. The maximum Gasteiger partial charge on any atom is 0.291 e. The van der Waals surface area contributed by atoms with Crippen LogP contribution < -0.4 is 5.32 Å². The van der Waals surface area contributed by atoms with E-state index in [9.17, 15) is 17.6 Å². The minimum absolute atomic E-state index is 0.00227. The fourth-order valence-electron chi connectivity index (χ4n) is 3.45. The molecule has 1 saturated heterocycles. The van der Waals surface area contributed by atoms with Crippen molar-refractivity contribution in [2.24, 2.45) is 0 Å². The van der Waals surface area contributed by atoms with Crippen LogP contribution in [0.2, 0.25) is 0 Å². The van der Waals surface area contributed by atoms with E-state index in [0.29, 0.717) is 18.8 Å². The molecule has 1 aromatic heterocycles. The third kappa shape index (κ3) is 4.15. The van der Waals surface area contributed by atoms with Crippen LogP contribution in [0.25, 0.3) is 11.3 Å². The first-order valence-corrected chi connectivity index (χ1v) is 11.2. The van der Waals surface area contributed by atoms with Gasteiger partial charge in [-0.1, -0.05) is 24.6 Å². The summed E-state index contributed by atoms with van der Waals surface area (Å²) in [5, 5.41) is 2.64. The number of benzene rings is 2. The van der Waals surface area contributed by atoms with Gasteiger partial charge in [-0.05, 0) is 55.3 Å². The molecule has 30 heavy (non-hydrogen) atoms. The van der Waals surface area contributed by atoms with E-state index in [0.717, 1.165) is 19.3 Å². The Morgan fingerprint density at radius 3 is 2.50 bits per heavy atom. The van der Waals surface area contributed by atoms with Crippen LogP contribution in [0, 0.1) is 5.82 Å². The number of hydrogen-bond donors (Lipinski definition) is 1. The predicted octanol–water partition coefficient (Wildman–Crippen LogP) is 4.51. The molecule has 1 N–H and O–H groups in total. The standard InChI is InChI=1S/C22H21FN2O4S/c23-19-10-3-2-9-18(19)20-11-12-21(29-20)22(26)24-16-7-6-8-17(15-16)30(27,28)25-13-4-1-5-14-25/h2-3,6-12,15H,1,4-5,13-14H2,(H,24,26). The molecule has 0 aliphatic carbocycles. The van der Waals surface area contributed by atoms with Crippen LogP contribution in [0.3, 0.4) is 0 Å². The van der Waals surface area contributed by atoms with E-state index in [4.69, 9.17) is 4.42 Å². The van der Waals surface area contributed by atoms with E-state index in [1.807, 2.05) is 0 Å². The molecule has 1 fully saturated rings. The fraction of sp³-hybridized carbons (Fsp3) is 0.227. The van der Waals surface area contributed by atoms with Crippen LogP contribution in [-0.4, -0.2) is 31.7 Å². The number of nitrogens with one attached hydrogen (secondary N) is 1. The highest BCUT2D eigenvalue weighted by atomic mass is 32.2. The molecule has 0 radical (unpaired) electrons. The van der Waals surface area contributed by atoms with Crippen molar-refractivity contribution >= 4 is 21.6 Å². The summed E-state index contributed by atoms with van der Waals surface area (Å²) in [4.78, 5) is 12.7. The number of nitrogens with zero attached hydrogens (tertiary/aromatic N) is 1. The van der Waals surface area contributed by atoms with Crippen molar-refractivity contribution in [1.29, 1.82) is 0 Å². The Hall–Kier alpha value is -2.97. The van der Waals surface area contributed by atoms with E-state index in [2.05, 4.69) is 5.32 Å². The van der Waals surface area contributed by atoms with E-state index in [1.165, 1.54) is 34.6 Å². The van der Waals surface area contributed by atoms with E-state index >= 15 is 0 Å². The number of rotatable bonds is 5. The molecule has 6 nitrogen and oxygen atoms in total. The second-order valence-electron chi connectivity index (χ2n) is 7.09. The van der Waals surface area contributed by atoms with Crippen LogP contribution in [0.4, 0.5) is 10.1 Å². The van der Waals surface area contributed by atoms with Crippen molar-refractivity contribution in [2.75, 3.05) is 18.4 Å². The topological polar surface area (TPSA) is 79.6 Å². The Kier molecular flexibility index (Phi) is 5.69. The minimum Gasteiger partial charge on any atom is -0.451 e. The lowest BCUT2D eigenvalue weighted by molar-refractivity contribution is 0.0997. The zero-order valence-electron chi connectivity index (χ0n) is 16.2. The Morgan fingerprint density at radius 2 is 1.73 bits per heavy atom. The number of halogens is 1. The maximum absolute atomic E-state index is 13.9. The zero-order valence-corrected chi connectivity index (χ0v) is 17.0. The van der Waals surface area contributed by atoms with Gasteiger partial charge in [0.2, 0.25) is 10.0 Å². The third-order valence-electron chi connectivity index (χ3n) is 5.01. The molecule has 4 rings (SSSR count). The third-order valence-corrected chi connectivity index (χ3v) is 6.91. The summed E-state index contributed by atoms with van der Waals surface area (Å²) < 4.78 is 46.6. The van der Waals surface area contributed by atoms with Gasteiger partial charge >= 0.3 is 0 Å².